The van der Waals surface area contributed by atoms with Gasteiger partial charge < -0.3 is 10.1 Å². The van der Waals surface area contributed by atoms with E-state index in [0.29, 0.717) is 12.1 Å². The van der Waals surface area contributed by atoms with Crippen molar-refractivity contribution >= 4 is 0 Å². The molecule has 0 aliphatic carbocycles. The molecule has 0 radical (unpaired) electrons. The molecule has 1 saturated heterocycles. The van der Waals surface area contributed by atoms with Gasteiger partial charge in [0.05, 0.1) is 6.10 Å². The molecule has 0 aromatic heterocycles. The zero-order valence-corrected chi connectivity index (χ0v) is 11.4. The van der Waals surface area contributed by atoms with Crippen LogP contribution in [0.1, 0.15) is 31.9 Å². The molecule has 1 aliphatic heterocycles. The van der Waals surface area contributed by atoms with Crippen LogP contribution < -0.4 is 20.9 Å². The fraction of sp³-hybridized carbons (Fsp3) is 0.571. The van der Waals surface area contributed by atoms with Crippen molar-refractivity contribution in [2.24, 2.45) is 0 Å². The quantitative estimate of drug-likeness (QED) is 0.742. The van der Waals surface area contributed by atoms with Gasteiger partial charge in [-0.3, -0.25) is 5.43 Å². The standard InChI is InChI=1S/C14H23N3O/c1-10(2)18-13-6-4-11(5-7-13)14-8-12(9-15-3)16-17-14/h4-7,10,12,14-17H,8-9H2,1-3H3. The minimum atomic E-state index is 0.224. The molecule has 0 spiro atoms. The molecular formula is C14H23N3O. The van der Waals surface area contributed by atoms with Crippen LogP contribution in [0.4, 0.5) is 0 Å². The second kappa shape index (κ2) is 6.18. The third kappa shape index (κ3) is 3.45. The van der Waals surface area contributed by atoms with Crippen molar-refractivity contribution in [3.05, 3.63) is 29.8 Å². The smallest absolute Gasteiger partial charge is 0.119 e. The van der Waals surface area contributed by atoms with E-state index in [1.807, 2.05) is 33.0 Å². The molecule has 4 nitrogen and oxygen atoms in total. The molecule has 1 fully saturated rings. The van der Waals surface area contributed by atoms with Crippen molar-refractivity contribution < 1.29 is 4.74 Å². The summed E-state index contributed by atoms with van der Waals surface area (Å²) in [6.07, 6.45) is 1.33. The maximum atomic E-state index is 5.65. The van der Waals surface area contributed by atoms with E-state index in [0.717, 1.165) is 18.7 Å². The first-order chi connectivity index (χ1) is 8.69. The Morgan fingerprint density at radius 3 is 2.61 bits per heavy atom. The van der Waals surface area contributed by atoms with Gasteiger partial charge in [0.1, 0.15) is 5.75 Å². The molecule has 4 heteroatoms. The maximum absolute atomic E-state index is 5.65. The van der Waals surface area contributed by atoms with Gasteiger partial charge in [-0.2, -0.15) is 0 Å². The van der Waals surface area contributed by atoms with Crippen molar-refractivity contribution in [2.45, 2.75) is 38.5 Å². The van der Waals surface area contributed by atoms with Gasteiger partial charge in [0.15, 0.2) is 0 Å². The van der Waals surface area contributed by atoms with E-state index in [2.05, 4.69) is 28.3 Å². The van der Waals surface area contributed by atoms with E-state index >= 15 is 0 Å². The predicted molar refractivity (Wildman–Crippen MR) is 73.6 cm³/mol. The Labute approximate surface area is 109 Å². The lowest BCUT2D eigenvalue weighted by atomic mass is 10.0. The van der Waals surface area contributed by atoms with Crippen molar-refractivity contribution in [1.29, 1.82) is 0 Å². The second-order valence-corrected chi connectivity index (χ2v) is 5.07. The van der Waals surface area contributed by atoms with Gasteiger partial charge in [-0.1, -0.05) is 12.1 Å². The SMILES string of the molecule is CNCC1CC(c2ccc(OC(C)C)cc2)NN1. The molecule has 18 heavy (non-hydrogen) atoms. The Morgan fingerprint density at radius 1 is 1.28 bits per heavy atom. The molecule has 1 aromatic rings. The van der Waals surface area contributed by atoms with Gasteiger partial charge in [-0.25, -0.2) is 5.43 Å². The highest BCUT2D eigenvalue weighted by Crippen LogP contribution is 2.24. The van der Waals surface area contributed by atoms with Gasteiger partial charge in [0.25, 0.3) is 0 Å². The van der Waals surface area contributed by atoms with Gasteiger partial charge in [-0.05, 0) is 45.0 Å². The summed E-state index contributed by atoms with van der Waals surface area (Å²) >= 11 is 0. The Bertz CT molecular complexity index is 364. The topological polar surface area (TPSA) is 45.3 Å². The summed E-state index contributed by atoms with van der Waals surface area (Å²) in [7, 11) is 1.98. The molecule has 1 aromatic carbocycles. The molecule has 1 aliphatic rings. The lowest BCUT2D eigenvalue weighted by molar-refractivity contribution is 0.242. The summed E-state index contributed by atoms with van der Waals surface area (Å²) in [6.45, 7) is 5.06. The minimum absolute atomic E-state index is 0.224. The van der Waals surface area contributed by atoms with Gasteiger partial charge in [-0.15, -0.1) is 0 Å². The summed E-state index contributed by atoms with van der Waals surface area (Å²) < 4.78 is 5.65. The first-order valence-corrected chi connectivity index (χ1v) is 6.61. The average molecular weight is 249 g/mol. The normalized spacial score (nSPS) is 23.6. The minimum Gasteiger partial charge on any atom is -0.491 e. The summed E-state index contributed by atoms with van der Waals surface area (Å²) in [5.74, 6) is 0.937. The zero-order chi connectivity index (χ0) is 13.0. The van der Waals surface area contributed by atoms with Crippen LogP contribution in [0.3, 0.4) is 0 Å². The molecule has 100 valence electrons. The van der Waals surface area contributed by atoms with Crippen LogP contribution >= 0.6 is 0 Å². The first kappa shape index (κ1) is 13.3. The molecule has 2 unspecified atom stereocenters. The van der Waals surface area contributed by atoms with E-state index in [1.165, 1.54) is 5.56 Å². The highest BCUT2D eigenvalue weighted by molar-refractivity contribution is 5.29. The molecule has 2 rings (SSSR count). The predicted octanol–water partition coefficient (Wildman–Crippen LogP) is 1.60. The Kier molecular flexibility index (Phi) is 4.58. The number of nitrogens with one attached hydrogen (secondary N) is 3. The monoisotopic (exact) mass is 249 g/mol. The average Bonchev–Trinajstić information content (AvgIpc) is 2.78. The van der Waals surface area contributed by atoms with Gasteiger partial charge >= 0.3 is 0 Å². The zero-order valence-electron chi connectivity index (χ0n) is 11.4. The van der Waals surface area contributed by atoms with Crippen LogP contribution in [0.25, 0.3) is 0 Å². The highest BCUT2D eigenvalue weighted by Gasteiger charge is 2.24. The highest BCUT2D eigenvalue weighted by atomic mass is 16.5. The van der Waals surface area contributed by atoms with Crippen molar-refractivity contribution in [3.8, 4) is 5.75 Å². The Hall–Kier alpha value is -1.10. The van der Waals surface area contributed by atoms with Crippen LogP contribution in [0, 0.1) is 0 Å². The lowest BCUT2D eigenvalue weighted by Gasteiger charge is -2.13. The molecule has 3 N–H and O–H groups in total. The molecular weight excluding hydrogens is 226 g/mol. The van der Waals surface area contributed by atoms with Crippen LogP contribution in [-0.4, -0.2) is 25.7 Å². The van der Waals surface area contributed by atoms with Crippen LogP contribution in [0.15, 0.2) is 24.3 Å². The van der Waals surface area contributed by atoms with Crippen molar-refractivity contribution in [2.75, 3.05) is 13.6 Å². The molecule has 0 bridgehead atoms. The molecule has 0 saturated carbocycles. The number of rotatable bonds is 5. The van der Waals surface area contributed by atoms with Gasteiger partial charge in [0.2, 0.25) is 0 Å². The Balaban J connectivity index is 1.94. The summed E-state index contributed by atoms with van der Waals surface area (Å²) in [5, 5.41) is 3.19. The fourth-order valence-corrected chi connectivity index (χ4v) is 2.27. The van der Waals surface area contributed by atoms with Crippen molar-refractivity contribution in [1.82, 2.24) is 16.2 Å². The maximum Gasteiger partial charge on any atom is 0.119 e. The Morgan fingerprint density at radius 2 is 2.00 bits per heavy atom. The number of benzene rings is 1. The van der Waals surface area contributed by atoms with E-state index < -0.39 is 0 Å². The second-order valence-electron chi connectivity index (χ2n) is 5.07. The number of likely N-dealkylation sites (N-methyl/N-ethyl adjacent to an activating group) is 1. The third-order valence-corrected chi connectivity index (χ3v) is 3.09. The van der Waals surface area contributed by atoms with E-state index in [1.54, 1.807) is 0 Å². The number of hydrazine groups is 1. The van der Waals surface area contributed by atoms with Crippen LogP contribution in [0.2, 0.25) is 0 Å². The molecule has 1 heterocycles. The fourth-order valence-electron chi connectivity index (χ4n) is 2.27. The van der Waals surface area contributed by atoms with E-state index in [9.17, 15) is 0 Å². The third-order valence-electron chi connectivity index (χ3n) is 3.09. The molecule has 0 amide bonds. The van der Waals surface area contributed by atoms with Crippen molar-refractivity contribution in [3.63, 3.8) is 0 Å². The lowest BCUT2D eigenvalue weighted by Crippen LogP contribution is -2.36. The van der Waals surface area contributed by atoms with E-state index in [-0.39, 0.29) is 6.10 Å². The number of hydrogen-bond acceptors (Lipinski definition) is 4. The summed E-state index contributed by atoms with van der Waals surface area (Å²) in [4.78, 5) is 0. The summed E-state index contributed by atoms with van der Waals surface area (Å²) in [6, 6.07) is 9.24. The summed E-state index contributed by atoms with van der Waals surface area (Å²) in [5.41, 5.74) is 7.95. The number of ether oxygens (including phenoxy) is 1. The van der Waals surface area contributed by atoms with E-state index in [4.69, 9.17) is 4.74 Å². The van der Waals surface area contributed by atoms with Gasteiger partial charge in [0, 0.05) is 18.6 Å². The first-order valence-electron chi connectivity index (χ1n) is 6.61. The molecule has 2 atom stereocenters. The van der Waals surface area contributed by atoms with Crippen LogP contribution in [0.5, 0.6) is 5.75 Å². The largest absolute Gasteiger partial charge is 0.491 e. The van der Waals surface area contributed by atoms with Crippen LogP contribution in [-0.2, 0) is 0 Å². The number of hydrogen-bond donors (Lipinski definition) is 3.